The Bertz CT molecular complexity index is 878. The Morgan fingerprint density at radius 1 is 1.20 bits per heavy atom. The van der Waals surface area contributed by atoms with Crippen molar-refractivity contribution in [2.75, 3.05) is 44.7 Å². The number of carbonyl (C=O) groups excluding carboxylic acids is 2. The maximum absolute atomic E-state index is 12.2. The second kappa shape index (κ2) is 10.5. The molecule has 3 rings (SSSR count). The lowest BCUT2D eigenvalue weighted by Crippen LogP contribution is -2.50. The number of nitrogens with one attached hydrogen (secondary N) is 2. The first kappa shape index (κ1) is 21.4. The molecule has 8 nitrogen and oxygen atoms in total. The Hall–Kier alpha value is -3.26. The largest absolute Gasteiger partial charge is 0.355 e. The summed E-state index contributed by atoms with van der Waals surface area (Å²) in [5.41, 5.74) is 1.16. The van der Waals surface area contributed by atoms with Crippen LogP contribution in [0.25, 0.3) is 6.08 Å². The molecule has 2 N–H and O–H groups in total. The summed E-state index contributed by atoms with van der Waals surface area (Å²) in [4.78, 5) is 37.0. The van der Waals surface area contributed by atoms with E-state index in [1.807, 2.05) is 31.3 Å². The molecule has 0 aromatic carbocycles. The summed E-state index contributed by atoms with van der Waals surface area (Å²) in [5.74, 6) is 0.637. The highest BCUT2D eigenvalue weighted by molar-refractivity contribution is 5.95. The van der Waals surface area contributed by atoms with Crippen molar-refractivity contribution in [3.05, 3.63) is 60.1 Å². The van der Waals surface area contributed by atoms with Gasteiger partial charge in [0.1, 0.15) is 5.82 Å². The average Bonchev–Trinajstić information content (AvgIpc) is 2.78. The van der Waals surface area contributed by atoms with E-state index in [0.29, 0.717) is 11.1 Å². The maximum Gasteiger partial charge on any atom is 0.252 e. The summed E-state index contributed by atoms with van der Waals surface area (Å²) in [5, 5.41) is 5.55. The van der Waals surface area contributed by atoms with Crippen molar-refractivity contribution >= 4 is 23.7 Å². The Labute approximate surface area is 177 Å². The highest BCUT2D eigenvalue weighted by Crippen LogP contribution is 2.12. The van der Waals surface area contributed by atoms with Crippen LogP contribution in [0.5, 0.6) is 0 Å². The molecule has 2 aromatic heterocycles. The molecule has 2 amide bonds. The van der Waals surface area contributed by atoms with Crippen molar-refractivity contribution in [3.63, 3.8) is 0 Å². The number of carbonyl (C=O) groups is 2. The molecule has 0 saturated carbocycles. The van der Waals surface area contributed by atoms with Gasteiger partial charge in [0.05, 0.1) is 5.56 Å². The molecule has 158 valence electrons. The predicted octanol–water partition coefficient (Wildman–Crippen LogP) is 1.18. The van der Waals surface area contributed by atoms with Gasteiger partial charge in [-0.25, -0.2) is 4.98 Å². The van der Waals surface area contributed by atoms with Crippen LogP contribution in [0.2, 0.25) is 0 Å². The average molecular weight is 409 g/mol. The van der Waals surface area contributed by atoms with E-state index in [9.17, 15) is 9.59 Å². The van der Waals surface area contributed by atoms with Gasteiger partial charge >= 0.3 is 0 Å². The maximum atomic E-state index is 12.2. The van der Waals surface area contributed by atoms with E-state index in [4.69, 9.17) is 0 Å². The Morgan fingerprint density at radius 3 is 2.70 bits per heavy atom. The van der Waals surface area contributed by atoms with E-state index in [1.165, 1.54) is 12.3 Å². The van der Waals surface area contributed by atoms with Crippen molar-refractivity contribution < 1.29 is 9.59 Å². The fourth-order valence-electron chi connectivity index (χ4n) is 3.41. The lowest BCUT2D eigenvalue weighted by Gasteiger charge is -2.36. The third-order valence-corrected chi connectivity index (χ3v) is 4.94. The van der Waals surface area contributed by atoms with Gasteiger partial charge in [0.2, 0.25) is 5.91 Å². The molecule has 0 radical (unpaired) electrons. The minimum Gasteiger partial charge on any atom is -0.355 e. The first-order valence-corrected chi connectivity index (χ1v) is 10.1. The van der Waals surface area contributed by atoms with Crippen LogP contribution in [0.1, 0.15) is 22.8 Å². The normalized spacial score (nSPS) is 15.7. The number of aromatic nitrogens is 2. The van der Waals surface area contributed by atoms with E-state index in [-0.39, 0.29) is 17.9 Å². The summed E-state index contributed by atoms with van der Waals surface area (Å²) in [6.07, 6.45) is 8.05. The fraction of sp³-hybridized carbons (Fsp3) is 0.364. The van der Waals surface area contributed by atoms with Crippen LogP contribution < -0.4 is 15.5 Å². The zero-order valence-electron chi connectivity index (χ0n) is 17.4. The second-order valence-corrected chi connectivity index (χ2v) is 7.30. The van der Waals surface area contributed by atoms with E-state index in [0.717, 1.165) is 38.5 Å². The molecule has 8 heteroatoms. The van der Waals surface area contributed by atoms with Gasteiger partial charge in [0.25, 0.3) is 5.91 Å². The summed E-state index contributed by atoms with van der Waals surface area (Å²) in [6, 6.07) is 7.68. The molecule has 1 atom stereocenters. The minimum atomic E-state index is -0.209. The van der Waals surface area contributed by atoms with Gasteiger partial charge in [-0.05, 0) is 36.8 Å². The molecule has 1 unspecified atom stereocenters. The zero-order valence-corrected chi connectivity index (χ0v) is 17.4. The van der Waals surface area contributed by atoms with Crippen LogP contribution in [0.3, 0.4) is 0 Å². The number of nitrogens with zero attached hydrogens (tertiary/aromatic N) is 4. The monoisotopic (exact) mass is 408 g/mol. The number of hydrogen-bond acceptors (Lipinski definition) is 6. The quantitative estimate of drug-likeness (QED) is 0.669. The molecule has 3 heterocycles. The molecule has 1 aliphatic heterocycles. The van der Waals surface area contributed by atoms with Gasteiger partial charge in [-0.3, -0.25) is 19.5 Å². The Morgan fingerprint density at radius 2 is 2.00 bits per heavy atom. The van der Waals surface area contributed by atoms with Gasteiger partial charge in [-0.15, -0.1) is 0 Å². The van der Waals surface area contributed by atoms with Crippen molar-refractivity contribution in [2.24, 2.45) is 0 Å². The SMILES string of the molecule is CNC(=O)c1cncc(/C=C/C(=O)NC(C)CN2CCN(c3ccccn3)CC2)c1. The van der Waals surface area contributed by atoms with Gasteiger partial charge < -0.3 is 15.5 Å². The number of hydrogen-bond donors (Lipinski definition) is 2. The molecule has 2 aromatic rings. The highest BCUT2D eigenvalue weighted by atomic mass is 16.2. The Balaban J connectivity index is 1.44. The standard InChI is InChI=1S/C22H28N6O2/c1-17(16-27-9-11-28(12-10-27)20-5-3-4-8-25-20)26-21(29)7-6-18-13-19(15-24-14-18)22(30)23-2/h3-8,13-15,17H,9-12,16H2,1-2H3,(H,23,30)(H,26,29)/b7-6+. The van der Waals surface area contributed by atoms with Crippen LogP contribution in [-0.2, 0) is 4.79 Å². The van der Waals surface area contributed by atoms with Gasteiger partial charge in [0.15, 0.2) is 0 Å². The zero-order chi connectivity index (χ0) is 21.3. The molecular formula is C22H28N6O2. The fourth-order valence-corrected chi connectivity index (χ4v) is 3.41. The first-order chi connectivity index (χ1) is 14.5. The number of pyridine rings is 2. The van der Waals surface area contributed by atoms with Crippen LogP contribution in [0.15, 0.2) is 48.9 Å². The smallest absolute Gasteiger partial charge is 0.252 e. The Kier molecular flexibility index (Phi) is 7.51. The third kappa shape index (κ3) is 6.12. The summed E-state index contributed by atoms with van der Waals surface area (Å²) < 4.78 is 0. The second-order valence-electron chi connectivity index (χ2n) is 7.30. The summed E-state index contributed by atoms with van der Waals surface area (Å²) in [6.45, 7) is 6.52. The van der Waals surface area contributed by atoms with Crippen molar-refractivity contribution in [2.45, 2.75) is 13.0 Å². The van der Waals surface area contributed by atoms with Crippen LogP contribution in [0.4, 0.5) is 5.82 Å². The molecule has 0 aliphatic carbocycles. The topological polar surface area (TPSA) is 90.5 Å². The van der Waals surface area contributed by atoms with E-state index < -0.39 is 0 Å². The van der Waals surface area contributed by atoms with E-state index >= 15 is 0 Å². The van der Waals surface area contributed by atoms with E-state index in [1.54, 1.807) is 25.4 Å². The molecule has 0 spiro atoms. The van der Waals surface area contributed by atoms with Gasteiger partial charge in [-0.1, -0.05) is 6.07 Å². The van der Waals surface area contributed by atoms with Crippen molar-refractivity contribution in [3.8, 4) is 0 Å². The summed E-state index contributed by atoms with van der Waals surface area (Å²) in [7, 11) is 1.57. The van der Waals surface area contributed by atoms with Crippen LogP contribution in [-0.4, -0.2) is 72.5 Å². The first-order valence-electron chi connectivity index (χ1n) is 10.1. The number of amides is 2. The molecule has 1 saturated heterocycles. The van der Waals surface area contributed by atoms with Crippen molar-refractivity contribution in [1.29, 1.82) is 0 Å². The molecule has 30 heavy (non-hydrogen) atoms. The lowest BCUT2D eigenvalue weighted by molar-refractivity contribution is -0.117. The van der Waals surface area contributed by atoms with Gasteiger partial charge in [-0.2, -0.15) is 0 Å². The molecule has 1 aliphatic rings. The van der Waals surface area contributed by atoms with Crippen LogP contribution in [0, 0.1) is 0 Å². The predicted molar refractivity (Wildman–Crippen MR) is 117 cm³/mol. The van der Waals surface area contributed by atoms with E-state index in [2.05, 4.69) is 30.4 Å². The highest BCUT2D eigenvalue weighted by Gasteiger charge is 2.19. The van der Waals surface area contributed by atoms with Crippen molar-refractivity contribution in [1.82, 2.24) is 25.5 Å². The third-order valence-electron chi connectivity index (χ3n) is 4.94. The number of anilines is 1. The minimum absolute atomic E-state index is 0.0267. The molecular weight excluding hydrogens is 380 g/mol. The molecule has 0 bridgehead atoms. The number of rotatable bonds is 7. The van der Waals surface area contributed by atoms with Gasteiger partial charge in [0, 0.05) is 70.5 Å². The molecule has 1 fully saturated rings. The number of piperazine rings is 1. The van der Waals surface area contributed by atoms with Crippen LogP contribution >= 0.6 is 0 Å². The lowest BCUT2D eigenvalue weighted by atomic mass is 10.2. The summed E-state index contributed by atoms with van der Waals surface area (Å²) >= 11 is 0.